The van der Waals surface area contributed by atoms with Gasteiger partial charge in [-0.1, -0.05) is 13.3 Å². The summed E-state index contributed by atoms with van der Waals surface area (Å²) in [5.41, 5.74) is 5.48. The standard InChI is InChI=1S/C12H25N3O/c1-3-11-6-4-5-8-15(11)9-7-14-12(16)10(2)13/h10-11H,3-9,13H2,1-2H3,(H,14,16). The molecule has 0 saturated carbocycles. The molecule has 0 bridgehead atoms. The van der Waals surface area contributed by atoms with E-state index >= 15 is 0 Å². The summed E-state index contributed by atoms with van der Waals surface area (Å²) < 4.78 is 0. The highest BCUT2D eigenvalue weighted by Crippen LogP contribution is 2.18. The molecule has 0 radical (unpaired) electrons. The predicted octanol–water partition coefficient (Wildman–Crippen LogP) is 0.714. The zero-order valence-electron chi connectivity index (χ0n) is 10.5. The minimum absolute atomic E-state index is 0.0509. The maximum Gasteiger partial charge on any atom is 0.236 e. The van der Waals surface area contributed by atoms with Gasteiger partial charge in [0.1, 0.15) is 0 Å². The van der Waals surface area contributed by atoms with Gasteiger partial charge in [-0.25, -0.2) is 0 Å². The minimum atomic E-state index is -0.400. The first-order chi connectivity index (χ1) is 7.65. The summed E-state index contributed by atoms with van der Waals surface area (Å²) >= 11 is 0. The Hall–Kier alpha value is -0.610. The maximum absolute atomic E-state index is 11.3. The van der Waals surface area contributed by atoms with Crippen molar-refractivity contribution in [2.45, 2.75) is 51.6 Å². The van der Waals surface area contributed by atoms with Gasteiger partial charge in [-0.3, -0.25) is 9.69 Å². The molecular formula is C12H25N3O. The Morgan fingerprint density at radius 3 is 2.94 bits per heavy atom. The number of nitrogens with one attached hydrogen (secondary N) is 1. The highest BCUT2D eigenvalue weighted by Gasteiger charge is 2.20. The number of amides is 1. The molecule has 1 fully saturated rings. The van der Waals surface area contributed by atoms with Gasteiger partial charge in [0.25, 0.3) is 0 Å². The van der Waals surface area contributed by atoms with Crippen molar-refractivity contribution in [1.82, 2.24) is 10.2 Å². The van der Waals surface area contributed by atoms with E-state index in [0.29, 0.717) is 6.04 Å². The van der Waals surface area contributed by atoms with Gasteiger partial charge in [-0.15, -0.1) is 0 Å². The van der Waals surface area contributed by atoms with E-state index in [4.69, 9.17) is 5.73 Å². The quantitative estimate of drug-likeness (QED) is 0.727. The smallest absolute Gasteiger partial charge is 0.236 e. The van der Waals surface area contributed by atoms with E-state index in [1.807, 2.05) is 0 Å². The van der Waals surface area contributed by atoms with Crippen LogP contribution in [-0.2, 0) is 4.79 Å². The molecule has 16 heavy (non-hydrogen) atoms. The molecule has 1 aliphatic rings. The van der Waals surface area contributed by atoms with Gasteiger partial charge >= 0.3 is 0 Å². The Morgan fingerprint density at radius 2 is 2.31 bits per heavy atom. The molecule has 2 unspecified atom stereocenters. The third-order valence-electron chi connectivity index (χ3n) is 3.33. The first-order valence-electron chi connectivity index (χ1n) is 6.42. The minimum Gasteiger partial charge on any atom is -0.353 e. The number of carbonyl (C=O) groups is 1. The number of hydrogen-bond donors (Lipinski definition) is 2. The lowest BCUT2D eigenvalue weighted by Crippen LogP contribution is -2.46. The molecule has 0 spiro atoms. The highest BCUT2D eigenvalue weighted by molar-refractivity contribution is 5.80. The van der Waals surface area contributed by atoms with Crippen molar-refractivity contribution < 1.29 is 4.79 Å². The van der Waals surface area contributed by atoms with E-state index in [1.54, 1.807) is 6.92 Å². The van der Waals surface area contributed by atoms with Crippen molar-refractivity contribution in [3.63, 3.8) is 0 Å². The molecule has 0 aromatic carbocycles. The Balaban J connectivity index is 2.22. The fourth-order valence-corrected chi connectivity index (χ4v) is 2.30. The normalized spacial score (nSPS) is 24.1. The summed E-state index contributed by atoms with van der Waals surface area (Å²) in [7, 11) is 0. The van der Waals surface area contributed by atoms with Gasteiger partial charge in [0.05, 0.1) is 6.04 Å². The van der Waals surface area contributed by atoms with Crippen LogP contribution in [0.5, 0.6) is 0 Å². The fourth-order valence-electron chi connectivity index (χ4n) is 2.30. The number of piperidine rings is 1. The number of likely N-dealkylation sites (tertiary alicyclic amines) is 1. The van der Waals surface area contributed by atoms with E-state index in [0.717, 1.165) is 13.1 Å². The van der Waals surface area contributed by atoms with Crippen molar-refractivity contribution in [1.29, 1.82) is 0 Å². The Morgan fingerprint density at radius 1 is 1.56 bits per heavy atom. The van der Waals surface area contributed by atoms with Crippen molar-refractivity contribution in [3.05, 3.63) is 0 Å². The summed E-state index contributed by atoms with van der Waals surface area (Å²) in [5, 5.41) is 2.87. The summed E-state index contributed by atoms with van der Waals surface area (Å²) in [5.74, 6) is -0.0509. The van der Waals surface area contributed by atoms with Crippen LogP contribution < -0.4 is 11.1 Å². The second-order valence-corrected chi connectivity index (χ2v) is 4.67. The Kier molecular flexibility index (Phi) is 5.77. The van der Waals surface area contributed by atoms with E-state index in [2.05, 4.69) is 17.1 Å². The van der Waals surface area contributed by atoms with Crippen molar-refractivity contribution in [3.8, 4) is 0 Å². The summed E-state index contributed by atoms with van der Waals surface area (Å²) in [6.45, 7) is 6.80. The van der Waals surface area contributed by atoms with Crippen LogP contribution in [0.4, 0.5) is 0 Å². The van der Waals surface area contributed by atoms with Gasteiger partial charge in [0, 0.05) is 19.1 Å². The van der Waals surface area contributed by atoms with Crippen molar-refractivity contribution >= 4 is 5.91 Å². The lowest BCUT2D eigenvalue weighted by Gasteiger charge is -2.35. The van der Waals surface area contributed by atoms with Crippen molar-refractivity contribution in [2.24, 2.45) is 5.73 Å². The van der Waals surface area contributed by atoms with Gasteiger partial charge in [0.15, 0.2) is 0 Å². The monoisotopic (exact) mass is 227 g/mol. The molecule has 0 aromatic heterocycles. The molecule has 1 heterocycles. The zero-order chi connectivity index (χ0) is 12.0. The highest BCUT2D eigenvalue weighted by atomic mass is 16.2. The number of nitrogens with two attached hydrogens (primary N) is 1. The van der Waals surface area contributed by atoms with Crippen LogP contribution in [0.25, 0.3) is 0 Å². The third kappa shape index (κ3) is 4.10. The first-order valence-corrected chi connectivity index (χ1v) is 6.42. The molecule has 94 valence electrons. The molecule has 4 heteroatoms. The molecule has 1 amide bonds. The second kappa shape index (κ2) is 6.86. The largest absolute Gasteiger partial charge is 0.353 e. The number of nitrogens with zero attached hydrogens (tertiary/aromatic N) is 1. The van der Waals surface area contributed by atoms with Crippen LogP contribution in [0.2, 0.25) is 0 Å². The number of carbonyl (C=O) groups excluding carboxylic acids is 1. The third-order valence-corrected chi connectivity index (χ3v) is 3.33. The summed E-state index contributed by atoms with van der Waals surface area (Å²) in [4.78, 5) is 13.8. The van der Waals surface area contributed by atoms with Gasteiger partial charge < -0.3 is 11.1 Å². The Bertz CT molecular complexity index is 218. The number of hydrogen-bond acceptors (Lipinski definition) is 3. The summed E-state index contributed by atoms with van der Waals surface area (Å²) in [6.07, 6.45) is 5.15. The summed E-state index contributed by atoms with van der Waals surface area (Å²) in [6, 6.07) is 0.310. The van der Waals surface area contributed by atoms with Crippen LogP contribution in [0.3, 0.4) is 0 Å². The number of rotatable bonds is 5. The van der Waals surface area contributed by atoms with E-state index in [-0.39, 0.29) is 5.91 Å². The molecule has 1 saturated heterocycles. The molecule has 3 N–H and O–H groups in total. The lowest BCUT2D eigenvalue weighted by atomic mass is 10.0. The molecule has 1 rings (SSSR count). The van der Waals surface area contributed by atoms with Crippen LogP contribution in [0.1, 0.15) is 39.5 Å². The molecule has 2 atom stereocenters. The SMILES string of the molecule is CCC1CCCCN1CCNC(=O)C(C)N. The van der Waals surface area contributed by atoms with Gasteiger partial charge in [0.2, 0.25) is 5.91 Å². The second-order valence-electron chi connectivity index (χ2n) is 4.67. The average Bonchev–Trinajstić information content (AvgIpc) is 2.29. The molecular weight excluding hydrogens is 202 g/mol. The average molecular weight is 227 g/mol. The van der Waals surface area contributed by atoms with E-state index in [1.165, 1.54) is 32.2 Å². The van der Waals surface area contributed by atoms with Crippen LogP contribution in [0, 0.1) is 0 Å². The fraction of sp³-hybridized carbons (Fsp3) is 0.917. The van der Waals surface area contributed by atoms with Gasteiger partial charge in [-0.2, -0.15) is 0 Å². The Labute approximate surface area is 98.6 Å². The van der Waals surface area contributed by atoms with Crippen LogP contribution in [-0.4, -0.2) is 42.5 Å². The van der Waals surface area contributed by atoms with Crippen LogP contribution in [0.15, 0.2) is 0 Å². The van der Waals surface area contributed by atoms with Crippen molar-refractivity contribution in [2.75, 3.05) is 19.6 Å². The molecule has 4 nitrogen and oxygen atoms in total. The molecule has 0 aromatic rings. The predicted molar refractivity (Wildman–Crippen MR) is 66.2 cm³/mol. The van der Waals surface area contributed by atoms with E-state index < -0.39 is 6.04 Å². The zero-order valence-corrected chi connectivity index (χ0v) is 10.5. The van der Waals surface area contributed by atoms with Gasteiger partial charge in [-0.05, 0) is 32.7 Å². The van der Waals surface area contributed by atoms with E-state index in [9.17, 15) is 4.79 Å². The van der Waals surface area contributed by atoms with Crippen LogP contribution >= 0.6 is 0 Å². The molecule has 1 aliphatic heterocycles. The topological polar surface area (TPSA) is 58.4 Å². The molecule has 0 aliphatic carbocycles. The first kappa shape index (κ1) is 13.5. The maximum atomic E-state index is 11.3. The lowest BCUT2D eigenvalue weighted by molar-refractivity contribution is -0.122.